The molecule has 1 aromatic rings. The third kappa shape index (κ3) is 4.46. The van der Waals surface area contributed by atoms with Crippen molar-refractivity contribution in [2.24, 2.45) is 11.8 Å². The van der Waals surface area contributed by atoms with Gasteiger partial charge in [-0.25, -0.2) is 4.79 Å². The lowest BCUT2D eigenvalue weighted by Crippen LogP contribution is -2.26. The van der Waals surface area contributed by atoms with Gasteiger partial charge in [0.1, 0.15) is 0 Å². The Balaban J connectivity index is 1.81. The molecule has 0 amide bonds. The summed E-state index contributed by atoms with van der Waals surface area (Å²) < 4.78 is 6.00. The maximum atomic E-state index is 10.5. The first-order chi connectivity index (χ1) is 9.54. The van der Waals surface area contributed by atoms with E-state index in [0.717, 1.165) is 41.2 Å². The first kappa shape index (κ1) is 15.3. The fourth-order valence-corrected chi connectivity index (χ4v) is 3.35. The summed E-state index contributed by atoms with van der Waals surface area (Å²) in [6.45, 7) is 5.26. The number of hydrogen-bond donors (Lipinski definition) is 1. The Morgan fingerprint density at radius 3 is 2.95 bits per heavy atom. The van der Waals surface area contributed by atoms with E-state index in [2.05, 4.69) is 13.8 Å². The first-order valence-electron chi connectivity index (χ1n) is 7.14. The van der Waals surface area contributed by atoms with Crippen LogP contribution in [0, 0.1) is 11.8 Å². The second kappa shape index (κ2) is 7.04. The predicted octanol–water partition coefficient (Wildman–Crippen LogP) is 4.19. The lowest BCUT2D eigenvalue weighted by atomic mass is 9.80. The van der Waals surface area contributed by atoms with Crippen LogP contribution in [0.1, 0.15) is 43.6 Å². The van der Waals surface area contributed by atoms with Gasteiger partial charge in [0.25, 0.3) is 0 Å². The molecule has 1 aliphatic rings. The molecule has 1 aromatic heterocycles. The zero-order chi connectivity index (χ0) is 14.5. The second-order valence-corrected chi connectivity index (χ2v) is 6.71. The monoisotopic (exact) mass is 294 g/mol. The van der Waals surface area contributed by atoms with Gasteiger partial charge >= 0.3 is 5.97 Å². The largest absolute Gasteiger partial charge is 0.478 e. The molecular weight excluding hydrogens is 272 g/mol. The topological polar surface area (TPSA) is 46.5 Å². The first-order valence-corrected chi connectivity index (χ1v) is 8.02. The maximum absolute atomic E-state index is 10.5. The van der Waals surface area contributed by atoms with Crippen molar-refractivity contribution in [3.63, 3.8) is 0 Å². The molecule has 1 aliphatic carbocycles. The summed E-state index contributed by atoms with van der Waals surface area (Å²) in [6.07, 6.45) is 6.72. The Hall–Kier alpha value is -1.13. The number of carboxylic acids is 1. The fourth-order valence-electron chi connectivity index (χ4n) is 2.58. The summed E-state index contributed by atoms with van der Waals surface area (Å²) in [5.41, 5.74) is 0.932. The summed E-state index contributed by atoms with van der Waals surface area (Å²) in [5, 5.41) is 10.6. The van der Waals surface area contributed by atoms with Crippen LogP contribution >= 0.6 is 11.3 Å². The molecule has 1 saturated carbocycles. The van der Waals surface area contributed by atoms with Crippen molar-refractivity contribution in [3.05, 3.63) is 28.0 Å². The average molecular weight is 294 g/mol. The quantitative estimate of drug-likeness (QED) is 0.828. The average Bonchev–Trinajstić information content (AvgIpc) is 2.86. The fraction of sp³-hybridized carbons (Fsp3) is 0.562. The van der Waals surface area contributed by atoms with Gasteiger partial charge in [0.15, 0.2) is 0 Å². The molecule has 110 valence electrons. The van der Waals surface area contributed by atoms with Crippen LogP contribution in [0.2, 0.25) is 0 Å². The van der Waals surface area contributed by atoms with Crippen LogP contribution in [-0.4, -0.2) is 17.2 Å². The van der Waals surface area contributed by atoms with E-state index in [0.29, 0.717) is 12.7 Å². The van der Waals surface area contributed by atoms with E-state index >= 15 is 0 Å². The van der Waals surface area contributed by atoms with Crippen LogP contribution in [0.25, 0.3) is 6.08 Å². The Morgan fingerprint density at radius 1 is 1.45 bits per heavy atom. The molecular formula is C16H22O3S. The third-order valence-corrected chi connectivity index (χ3v) is 5.03. The van der Waals surface area contributed by atoms with E-state index in [1.807, 2.05) is 11.4 Å². The van der Waals surface area contributed by atoms with Gasteiger partial charge in [0, 0.05) is 11.0 Å². The van der Waals surface area contributed by atoms with Crippen molar-refractivity contribution < 1.29 is 14.6 Å². The Labute approximate surface area is 124 Å². The highest BCUT2D eigenvalue weighted by molar-refractivity contribution is 7.10. The lowest BCUT2D eigenvalue weighted by molar-refractivity contribution is -0.131. The summed E-state index contributed by atoms with van der Waals surface area (Å²) in [6, 6.07) is 2.00. The SMILES string of the molecule is CC1CCC(OCc2cc(C=CC(=O)O)cs2)CC1C. The Bertz CT molecular complexity index is 478. The van der Waals surface area contributed by atoms with E-state index in [1.165, 1.54) is 6.42 Å². The van der Waals surface area contributed by atoms with Crippen molar-refractivity contribution in [3.8, 4) is 0 Å². The lowest BCUT2D eigenvalue weighted by Gasteiger charge is -2.31. The molecule has 3 atom stereocenters. The molecule has 20 heavy (non-hydrogen) atoms. The van der Waals surface area contributed by atoms with Crippen LogP contribution < -0.4 is 0 Å². The normalized spacial score (nSPS) is 27.0. The predicted molar refractivity (Wildman–Crippen MR) is 81.7 cm³/mol. The number of rotatable bonds is 5. The highest BCUT2D eigenvalue weighted by atomic mass is 32.1. The van der Waals surface area contributed by atoms with Gasteiger partial charge < -0.3 is 9.84 Å². The van der Waals surface area contributed by atoms with Crippen LogP contribution in [-0.2, 0) is 16.1 Å². The minimum atomic E-state index is -0.917. The number of carbonyl (C=O) groups is 1. The number of ether oxygens (including phenoxy) is 1. The van der Waals surface area contributed by atoms with E-state index in [1.54, 1.807) is 17.4 Å². The van der Waals surface area contributed by atoms with Gasteiger partial charge in [-0.15, -0.1) is 11.3 Å². The maximum Gasteiger partial charge on any atom is 0.328 e. The minimum Gasteiger partial charge on any atom is -0.478 e. The molecule has 0 aromatic carbocycles. The summed E-state index contributed by atoms with van der Waals surface area (Å²) in [5.74, 6) is 0.634. The highest BCUT2D eigenvalue weighted by Crippen LogP contribution is 2.31. The van der Waals surface area contributed by atoms with Crippen molar-refractivity contribution in [1.82, 2.24) is 0 Å². The van der Waals surface area contributed by atoms with E-state index in [4.69, 9.17) is 9.84 Å². The molecule has 1 N–H and O–H groups in total. The molecule has 0 saturated heterocycles. The summed E-state index contributed by atoms with van der Waals surface area (Å²) in [4.78, 5) is 11.6. The molecule has 2 rings (SSSR count). The van der Waals surface area contributed by atoms with Crippen molar-refractivity contribution in [2.75, 3.05) is 0 Å². The smallest absolute Gasteiger partial charge is 0.328 e. The Kier molecular flexibility index (Phi) is 5.38. The molecule has 0 aliphatic heterocycles. The molecule has 1 fully saturated rings. The molecule has 4 heteroatoms. The zero-order valence-electron chi connectivity index (χ0n) is 12.0. The summed E-state index contributed by atoms with van der Waals surface area (Å²) >= 11 is 1.62. The van der Waals surface area contributed by atoms with Gasteiger partial charge in [-0.3, -0.25) is 0 Å². The van der Waals surface area contributed by atoms with Crippen LogP contribution in [0.4, 0.5) is 0 Å². The molecule has 0 spiro atoms. The van der Waals surface area contributed by atoms with Gasteiger partial charge in [0.2, 0.25) is 0 Å². The molecule has 3 nitrogen and oxygen atoms in total. The molecule has 0 bridgehead atoms. The van der Waals surface area contributed by atoms with E-state index < -0.39 is 5.97 Å². The molecule has 3 unspecified atom stereocenters. The zero-order valence-corrected chi connectivity index (χ0v) is 12.9. The van der Waals surface area contributed by atoms with Crippen LogP contribution in [0.5, 0.6) is 0 Å². The van der Waals surface area contributed by atoms with Crippen molar-refractivity contribution in [2.45, 2.75) is 45.8 Å². The molecule has 0 radical (unpaired) electrons. The Morgan fingerprint density at radius 2 is 2.25 bits per heavy atom. The molecule has 1 heterocycles. The van der Waals surface area contributed by atoms with Gasteiger partial charge in [-0.1, -0.05) is 13.8 Å². The number of thiophene rings is 1. The number of aliphatic carboxylic acids is 1. The highest BCUT2D eigenvalue weighted by Gasteiger charge is 2.24. The number of carboxylic acid groups (broad SMARTS) is 1. The van der Waals surface area contributed by atoms with Gasteiger partial charge in [-0.2, -0.15) is 0 Å². The van der Waals surface area contributed by atoms with E-state index in [-0.39, 0.29) is 0 Å². The van der Waals surface area contributed by atoms with Crippen LogP contribution in [0.3, 0.4) is 0 Å². The van der Waals surface area contributed by atoms with Gasteiger partial charge in [0.05, 0.1) is 12.7 Å². The number of hydrogen-bond acceptors (Lipinski definition) is 3. The van der Waals surface area contributed by atoms with Crippen molar-refractivity contribution in [1.29, 1.82) is 0 Å². The second-order valence-electron chi connectivity index (χ2n) is 5.72. The third-order valence-electron chi connectivity index (χ3n) is 4.10. The van der Waals surface area contributed by atoms with Crippen LogP contribution in [0.15, 0.2) is 17.5 Å². The van der Waals surface area contributed by atoms with Gasteiger partial charge in [-0.05, 0) is 54.2 Å². The minimum absolute atomic E-state index is 0.376. The van der Waals surface area contributed by atoms with Crippen molar-refractivity contribution >= 4 is 23.4 Å². The summed E-state index contributed by atoms with van der Waals surface area (Å²) in [7, 11) is 0. The van der Waals surface area contributed by atoms with E-state index in [9.17, 15) is 4.79 Å². The standard InChI is InChI=1S/C16H22O3S/c1-11-3-5-14(7-12(11)2)19-9-15-8-13(10-20-15)4-6-16(17)18/h4,6,8,10-12,14H,3,5,7,9H2,1-2H3,(H,17,18).